The van der Waals surface area contributed by atoms with Crippen LogP contribution in [0.1, 0.15) is 16.8 Å². The van der Waals surface area contributed by atoms with E-state index in [1.54, 1.807) is 18.2 Å². The summed E-state index contributed by atoms with van der Waals surface area (Å²) < 4.78 is 0. The van der Waals surface area contributed by atoms with E-state index in [1.807, 2.05) is 30.3 Å². The van der Waals surface area contributed by atoms with Gasteiger partial charge in [-0.1, -0.05) is 30.3 Å². The van der Waals surface area contributed by atoms with Crippen molar-refractivity contribution in [3.05, 3.63) is 54.1 Å². The molecule has 1 aromatic heterocycles. The van der Waals surface area contributed by atoms with E-state index >= 15 is 0 Å². The fraction of sp³-hybridized carbons (Fsp3) is 0.118. The van der Waals surface area contributed by atoms with E-state index in [0.29, 0.717) is 5.56 Å². The molecular weight excluding hydrogens is 308 g/mol. The molecule has 0 bridgehead atoms. The summed E-state index contributed by atoms with van der Waals surface area (Å²) in [5, 5.41) is 11.0. The molecule has 0 aliphatic carbocycles. The Kier molecular flexibility index (Phi) is 4.53. The normalized spacial score (nSPS) is 10.5. The zero-order chi connectivity index (χ0) is 16.9. The molecule has 0 radical (unpaired) electrons. The van der Waals surface area contributed by atoms with Crippen LogP contribution >= 0.6 is 0 Å². The predicted molar refractivity (Wildman–Crippen MR) is 88.4 cm³/mol. The van der Waals surface area contributed by atoms with Crippen LogP contribution in [0.15, 0.2) is 48.5 Å². The molecule has 4 N–H and O–H groups in total. The first kappa shape index (κ1) is 15.7. The molecule has 0 saturated carbocycles. The second-order valence-electron chi connectivity index (χ2n) is 5.22. The van der Waals surface area contributed by atoms with Gasteiger partial charge in [0.25, 0.3) is 5.91 Å². The predicted octanol–water partition coefficient (Wildman–Crippen LogP) is 1.86. The second kappa shape index (κ2) is 6.93. The average molecular weight is 324 g/mol. The van der Waals surface area contributed by atoms with Crippen molar-refractivity contribution in [3.63, 3.8) is 0 Å². The van der Waals surface area contributed by atoms with Crippen molar-refractivity contribution in [3.8, 4) is 11.4 Å². The topological polar surface area (TPSA) is 107 Å². The quantitative estimate of drug-likeness (QED) is 0.424. The highest BCUT2D eigenvalue weighted by Crippen LogP contribution is 2.21. The standard InChI is InChI=1S/C17H16N4O3/c22-15(21-24)8-9-18-17(23)12-6-7-13-14(10-12)20-16(19-13)11-4-2-1-3-5-11/h1-7,10,24H,8-9H2,(H,18,23)(H,19,20)(H,21,22). The van der Waals surface area contributed by atoms with Crippen LogP contribution in [0.5, 0.6) is 0 Å². The third kappa shape index (κ3) is 3.41. The van der Waals surface area contributed by atoms with Crippen molar-refractivity contribution < 1.29 is 14.8 Å². The Hall–Kier alpha value is -3.19. The van der Waals surface area contributed by atoms with E-state index < -0.39 is 5.91 Å². The highest BCUT2D eigenvalue weighted by Gasteiger charge is 2.10. The molecule has 2 aromatic carbocycles. The first-order chi connectivity index (χ1) is 11.7. The second-order valence-corrected chi connectivity index (χ2v) is 5.22. The summed E-state index contributed by atoms with van der Waals surface area (Å²) in [5.41, 5.74) is 4.48. The van der Waals surface area contributed by atoms with Crippen molar-refractivity contribution in [1.82, 2.24) is 20.8 Å². The van der Waals surface area contributed by atoms with Crippen molar-refractivity contribution in [2.45, 2.75) is 6.42 Å². The van der Waals surface area contributed by atoms with Crippen LogP contribution < -0.4 is 10.8 Å². The minimum Gasteiger partial charge on any atom is -0.352 e. The summed E-state index contributed by atoms with van der Waals surface area (Å²) in [6.45, 7) is 0.140. The fourth-order valence-electron chi connectivity index (χ4n) is 2.33. The van der Waals surface area contributed by atoms with E-state index in [2.05, 4.69) is 15.3 Å². The van der Waals surface area contributed by atoms with Gasteiger partial charge in [0.15, 0.2) is 0 Å². The number of fused-ring (bicyclic) bond motifs is 1. The number of rotatable bonds is 5. The number of aromatic amines is 1. The number of hydrogen-bond donors (Lipinski definition) is 4. The van der Waals surface area contributed by atoms with E-state index in [1.165, 1.54) is 5.48 Å². The number of hydroxylamine groups is 1. The Morgan fingerprint density at radius 1 is 1.12 bits per heavy atom. The van der Waals surface area contributed by atoms with Crippen LogP contribution in [0.2, 0.25) is 0 Å². The number of H-pyrrole nitrogens is 1. The molecule has 7 heteroatoms. The number of hydrogen-bond acceptors (Lipinski definition) is 4. The SMILES string of the molecule is O=C(CCNC(=O)c1ccc2nc(-c3ccccc3)[nH]c2c1)NO. The summed E-state index contributed by atoms with van der Waals surface area (Å²) in [6, 6.07) is 14.9. The lowest BCUT2D eigenvalue weighted by molar-refractivity contribution is -0.129. The molecule has 0 fully saturated rings. The van der Waals surface area contributed by atoms with Gasteiger partial charge < -0.3 is 10.3 Å². The summed E-state index contributed by atoms with van der Waals surface area (Å²) in [7, 11) is 0. The lowest BCUT2D eigenvalue weighted by atomic mass is 10.2. The summed E-state index contributed by atoms with van der Waals surface area (Å²) in [5.74, 6) is -0.104. The van der Waals surface area contributed by atoms with Gasteiger partial charge in [-0.25, -0.2) is 10.5 Å². The van der Waals surface area contributed by atoms with Gasteiger partial charge in [0, 0.05) is 24.1 Å². The number of imidazole rings is 1. The first-order valence-electron chi connectivity index (χ1n) is 7.43. The van der Waals surface area contributed by atoms with Gasteiger partial charge in [-0.2, -0.15) is 0 Å². The monoisotopic (exact) mass is 324 g/mol. The van der Waals surface area contributed by atoms with E-state index in [0.717, 1.165) is 22.4 Å². The zero-order valence-electron chi connectivity index (χ0n) is 12.7. The number of aromatic nitrogens is 2. The Morgan fingerprint density at radius 3 is 2.67 bits per heavy atom. The number of nitrogens with zero attached hydrogens (tertiary/aromatic N) is 1. The van der Waals surface area contributed by atoms with E-state index in [9.17, 15) is 9.59 Å². The molecule has 0 atom stereocenters. The van der Waals surface area contributed by atoms with Gasteiger partial charge in [0.2, 0.25) is 5.91 Å². The molecule has 2 amide bonds. The molecular formula is C17H16N4O3. The van der Waals surface area contributed by atoms with Crippen LogP contribution in [0.25, 0.3) is 22.4 Å². The minimum absolute atomic E-state index is 0.00664. The maximum atomic E-state index is 12.1. The van der Waals surface area contributed by atoms with Crippen LogP contribution in [-0.2, 0) is 4.79 Å². The molecule has 122 valence electrons. The smallest absolute Gasteiger partial charge is 0.251 e. The summed E-state index contributed by atoms with van der Waals surface area (Å²) in [6.07, 6.45) is 0.00664. The highest BCUT2D eigenvalue weighted by atomic mass is 16.5. The van der Waals surface area contributed by atoms with Gasteiger partial charge in [-0.05, 0) is 18.2 Å². The third-order valence-corrected chi connectivity index (χ3v) is 3.55. The molecule has 1 heterocycles. The summed E-state index contributed by atoms with van der Waals surface area (Å²) in [4.78, 5) is 30.7. The zero-order valence-corrected chi connectivity index (χ0v) is 12.7. The van der Waals surface area contributed by atoms with Gasteiger partial charge in [0.1, 0.15) is 5.82 Å². The van der Waals surface area contributed by atoms with Gasteiger partial charge in [-0.15, -0.1) is 0 Å². The molecule has 0 aliphatic heterocycles. The molecule has 0 aliphatic rings. The molecule has 7 nitrogen and oxygen atoms in total. The Labute approximate surface area is 137 Å². The first-order valence-corrected chi connectivity index (χ1v) is 7.43. The van der Waals surface area contributed by atoms with Gasteiger partial charge in [-0.3, -0.25) is 14.8 Å². The largest absolute Gasteiger partial charge is 0.352 e. The summed E-state index contributed by atoms with van der Waals surface area (Å²) >= 11 is 0. The minimum atomic E-state index is -0.549. The van der Waals surface area contributed by atoms with Gasteiger partial charge >= 0.3 is 0 Å². The van der Waals surface area contributed by atoms with Crippen molar-refractivity contribution >= 4 is 22.8 Å². The third-order valence-electron chi connectivity index (χ3n) is 3.55. The Balaban J connectivity index is 1.76. The lowest BCUT2D eigenvalue weighted by Gasteiger charge is -2.04. The maximum absolute atomic E-state index is 12.1. The van der Waals surface area contributed by atoms with Crippen LogP contribution in [0.3, 0.4) is 0 Å². The Bertz CT molecular complexity index is 874. The van der Waals surface area contributed by atoms with Gasteiger partial charge in [0.05, 0.1) is 11.0 Å². The number of carbonyl (C=O) groups excluding carboxylic acids is 2. The molecule has 0 saturated heterocycles. The highest BCUT2D eigenvalue weighted by molar-refractivity contribution is 5.97. The molecule has 0 unspecified atom stereocenters. The number of nitrogens with one attached hydrogen (secondary N) is 3. The molecule has 0 spiro atoms. The number of carbonyl (C=O) groups is 2. The van der Waals surface area contributed by atoms with E-state index in [4.69, 9.17) is 5.21 Å². The molecule has 3 aromatic rings. The number of amides is 2. The molecule has 24 heavy (non-hydrogen) atoms. The van der Waals surface area contributed by atoms with Crippen LogP contribution in [0.4, 0.5) is 0 Å². The van der Waals surface area contributed by atoms with Crippen molar-refractivity contribution in [1.29, 1.82) is 0 Å². The maximum Gasteiger partial charge on any atom is 0.251 e. The molecule has 3 rings (SSSR count). The van der Waals surface area contributed by atoms with Crippen LogP contribution in [0, 0.1) is 0 Å². The van der Waals surface area contributed by atoms with E-state index in [-0.39, 0.29) is 18.9 Å². The van der Waals surface area contributed by atoms with Crippen molar-refractivity contribution in [2.75, 3.05) is 6.54 Å². The average Bonchev–Trinajstić information content (AvgIpc) is 3.05. The fourth-order valence-corrected chi connectivity index (χ4v) is 2.33. The lowest BCUT2D eigenvalue weighted by Crippen LogP contribution is -2.29. The van der Waals surface area contributed by atoms with Crippen LogP contribution in [-0.4, -0.2) is 33.5 Å². The number of benzene rings is 2. The Morgan fingerprint density at radius 2 is 1.92 bits per heavy atom. The van der Waals surface area contributed by atoms with Crippen molar-refractivity contribution in [2.24, 2.45) is 0 Å².